The van der Waals surface area contributed by atoms with Crippen LogP contribution < -0.4 is 15.5 Å². The van der Waals surface area contributed by atoms with E-state index in [2.05, 4.69) is 48.5 Å². The molecule has 5 heterocycles. The zero-order valence-corrected chi connectivity index (χ0v) is 17.7. The molecule has 0 bridgehead atoms. The van der Waals surface area contributed by atoms with Crippen molar-refractivity contribution in [1.82, 2.24) is 29.7 Å². The minimum absolute atomic E-state index is 0.0695. The third-order valence-electron chi connectivity index (χ3n) is 5.34. The zero-order chi connectivity index (χ0) is 21.1. The summed E-state index contributed by atoms with van der Waals surface area (Å²) >= 11 is 0. The normalized spacial score (nSPS) is 16.5. The van der Waals surface area contributed by atoms with Crippen molar-refractivity contribution in [2.24, 2.45) is 0 Å². The molecule has 0 unspecified atom stereocenters. The molecule has 0 radical (unpaired) electrons. The van der Waals surface area contributed by atoms with Crippen LogP contribution in [0.25, 0.3) is 11.0 Å². The van der Waals surface area contributed by atoms with E-state index in [1.165, 1.54) is 0 Å². The van der Waals surface area contributed by atoms with E-state index in [9.17, 15) is 4.79 Å². The molecule has 0 aliphatic carbocycles. The molecule has 0 aromatic carbocycles. The summed E-state index contributed by atoms with van der Waals surface area (Å²) < 4.78 is 1.94. The number of carbonyl (C=O) groups excluding carboxylic acids is 1. The van der Waals surface area contributed by atoms with Crippen molar-refractivity contribution in [2.45, 2.75) is 20.4 Å². The first-order valence-corrected chi connectivity index (χ1v) is 10.5. The van der Waals surface area contributed by atoms with Gasteiger partial charge in [-0.15, -0.1) is 0 Å². The molecular formula is C21H28N8O. The van der Waals surface area contributed by atoms with Gasteiger partial charge in [0.2, 0.25) is 5.95 Å². The van der Waals surface area contributed by atoms with Gasteiger partial charge in [0.15, 0.2) is 0 Å². The number of pyridine rings is 1. The number of aromatic nitrogens is 4. The van der Waals surface area contributed by atoms with E-state index >= 15 is 0 Å². The Morgan fingerprint density at radius 2 is 1.83 bits per heavy atom. The quantitative estimate of drug-likeness (QED) is 0.686. The topological polar surface area (TPSA) is 91.2 Å². The molecule has 9 heteroatoms. The summed E-state index contributed by atoms with van der Waals surface area (Å²) in [5.74, 6) is 1.10. The molecule has 0 atom stereocenters. The Morgan fingerprint density at radius 3 is 2.57 bits per heavy atom. The summed E-state index contributed by atoms with van der Waals surface area (Å²) in [5.41, 5.74) is 2.51. The van der Waals surface area contributed by atoms with Crippen LogP contribution in [0.4, 0.5) is 17.5 Å². The predicted molar refractivity (Wildman–Crippen MR) is 118 cm³/mol. The minimum atomic E-state index is -0.0695. The number of anilines is 3. The van der Waals surface area contributed by atoms with Gasteiger partial charge in [-0.3, -0.25) is 4.79 Å². The third-order valence-corrected chi connectivity index (χ3v) is 5.34. The maximum Gasteiger partial charge on any atom is 0.268 e. The lowest BCUT2D eigenvalue weighted by Crippen LogP contribution is -2.44. The number of carbonyl (C=O) groups is 1. The summed E-state index contributed by atoms with van der Waals surface area (Å²) in [7, 11) is 2.15. The fourth-order valence-electron chi connectivity index (χ4n) is 3.71. The lowest BCUT2D eigenvalue weighted by Gasteiger charge is -2.33. The molecule has 2 aliphatic heterocycles. The van der Waals surface area contributed by atoms with E-state index in [1.807, 2.05) is 36.7 Å². The Labute approximate surface area is 176 Å². The number of piperazine rings is 1. The van der Waals surface area contributed by atoms with E-state index in [-0.39, 0.29) is 5.91 Å². The lowest BCUT2D eigenvalue weighted by atomic mass is 10.3. The number of hydrogen-bond acceptors (Lipinski definition) is 7. The van der Waals surface area contributed by atoms with Crippen molar-refractivity contribution in [3.05, 3.63) is 36.3 Å². The van der Waals surface area contributed by atoms with Crippen molar-refractivity contribution in [2.75, 3.05) is 50.0 Å². The first-order chi connectivity index (χ1) is 14.7. The Kier molecular flexibility index (Phi) is 5.80. The van der Waals surface area contributed by atoms with Crippen LogP contribution in [0.5, 0.6) is 0 Å². The molecule has 5 rings (SSSR count). The highest BCUT2D eigenvalue weighted by molar-refractivity contribution is 5.98. The number of nitrogens with one attached hydrogen (secondary N) is 2. The average molecular weight is 409 g/mol. The first kappa shape index (κ1) is 20.1. The molecule has 30 heavy (non-hydrogen) atoms. The number of hydrogen-bond donors (Lipinski definition) is 2. The number of nitrogens with zero attached hydrogens (tertiary/aromatic N) is 6. The zero-order valence-electron chi connectivity index (χ0n) is 17.7. The molecular weight excluding hydrogens is 380 g/mol. The van der Waals surface area contributed by atoms with Gasteiger partial charge in [0.1, 0.15) is 17.2 Å². The van der Waals surface area contributed by atoms with E-state index in [0.717, 1.165) is 42.9 Å². The summed E-state index contributed by atoms with van der Waals surface area (Å²) in [4.78, 5) is 30.2. The predicted octanol–water partition coefficient (Wildman–Crippen LogP) is 2.09. The molecule has 9 nitrogen and oxygen atoms in total. The van der Waals surface area contributed by atoms with Crippen molar-refractivity contribution >= 4 is 34.4 Å². The summed E-state index contributed by atoms with van der Waals surface area (Å²) in [6.07, 6.45) is 3.62. The smallest absolute Gasteiger partial charge is 0.268 e. The first-order valence-electron chi connectivity index (χ1n) is 10.5. The fraction of sp³-hybridized carbons (Fsp3) is 0.429. The Hall–Kier alpha value is -3.20. The molecule has 1 amide bonds. The number of rotatable bonds is 3. The van der Waals surface area contributed by atoms with Gasteiger partial charge in [-0.1, -0.05) is 13.8 Å². The van der Waals surface area contributed by atoms with Crippen LogP contribution >= 0.6 is 0 Å². The molecule has 0 saturated carbocycles. The molecule has 3 aromatic heterocycles. The van der Waals surface area contributed by atoms with E-state index in [0.29, 0.717) is 30.5 Å². The highest BCUT2D eigenvalue weighted by Crippen LogP contribution is 2.22. The number of fused-ring (bicyclic) bond motifs is 3. The third kappa shape index (κ3) is 3.93. The number of amides is 1. The molecule has 1 fully saturated rings. The second-order valence-corrected chi connectivity index (χ2v) is 7.23. The standard InChI is InChI=1S/C19H22N8O.C2H6/c1-25-6-8-26(9-7-25)14-2-3-16(21-12-14)23-19-22-11-13-10-15-18(28)20-4-5-27(15)17(13)24-19;1-2/h2-3,10-12H,4-9H2,1H3,(H,20,28)(H,21,22,23,24);1-2H3. The summed E-state index contributed by atoms with van der Waals surface area (Å²) in [6.45, 7) is 9.47. The lowest BCUT2D eigenvalue weighted by molar-refractivity contribution is 0.0929. The highest BCUT2D eigenvalue weighted by Gasteiger charge is 2.21. The van der Waals surface area contributed by atoms with Crippen molar-refractivity contribution in [3.63, 3.8) is 0 Å². The van der Waals surface area contributed by atoms with Crippen LogP contribution in [0.2, 0.25) is 0 Å². The SMILES string of the molecule is CC.CN1CCN(c2ccc(Nc3ncc4cc5n(c4n3)CCNC5=O)nc2)CC1. The van der Waals surface area contributed by atoms with Crippen molar-refractivity contribution < 1.29 is 4.79 Å². The van der Waals surface area contributed by atoms with E-state index in [4.69, 9.17) is 0 Å². The van der Waals surface area contributed by atoms with Crippen LogP contribution in [0.3, 0.4) is 0 Å². The van der Waals surface area contributed by atoms with E-state index < -0.39 is 0 Å². The van der Waals surface area contributed by atoms with Crippen LogP contribution in [-0.4, -0.2) is 70.1 Å². The van der Waals surface area contributed by atoms with Crippen LogP contribution in [0, 0.1) is 0 Å². The van der Waals surface area contributed by atoms with Gasteiger partial charge >= 0.3 is 0 Å². The minimum Gasteiger partial charge on any atom is -0.368 e. The Balaban J connectivity index is 0.00000106. The summed E-state index contributed by atoms with van der Waals surface area (Å²) in [6, 6.07) is 5.85. The second-order valence-electron chi connectivity index (χ2n) is 7.23. The summed E-state index contributed by atoms with van der Waals surface area (Å²) in [5, 5.41) is 6.87. The van der Waals surface area contributed by atoms with Gasteiger partial charge in [-0.25, -0.2) is 9.97 Å². The molecule has 3 aromatic rings. The second kappa shape index (κ2) is 8.66. The van der Waals surface area contributed by atoms with Gasteiger partial charge in [0.05, 0.1) is 11.9 Å². The van der Waals surface area contributed by atoms with Gasteiger partial charge in [0, 0.05) is 50.9 Å². The van der Waals surface area contributed by atoms with Gasteiger partial charge in [0.25, 0.3) is 5.91 Å². The van der Waals surface area contributed by atoms with Crippen molar-refractivity contribution in [1.29, 1.82) is 0 Å². The van der Waals surface area contributed by atoms with Crippen LogP contribution in [0.15, 0.2) is 30.6 Å². The maximum atomic E-state index is 12.0. The molecule has 1 saturated heterocycles. The number of likely N-dealkylation sites (N-methyl/N-ethyl adjacent to an activating group) is 1. The molecule has 0 spiro atoms. The van der Waals surface area contributed by atoms with Gasteiger partial charge < -0.3 is 25.0 Å². The monoisotopic (exact) mass is 408 g/mol. The molecule has 2 aliphatic rings. The maximum absolute atomic E-state index is 12.0. The highest BCUT2D eigenvalue weighted by atomic mass is 16.2. The van der Waals surface area contributed by atoms with Gasteiger partial charge in [-0.05, 0) is 25.2 Å². The molecule has 2 N–H and O–H groups in total. The molecule has 158 valence electrons. The Morgan fingerprint density at radius 1 is 1.03 bits per heavy atom. The van der Waals surface area contributed by atoms with Crippen LogP contribution in [0.1, 0.15) is 24.3 Å². The van der Waals surface area contributed by atoms with Crippen LogP contribution in [-0.2, 0) is 6.54 Å². The Bertz CT molecular complexity index is 1020. The van der Waals surface area contributed by atoms with Crippen molar-refractivity contribution in [3.8, 4) is 0 Å². The van der Waals surface area contributed by atoms with Gasteiger partial charge in [-0.2, -0.15) is 4.98 Å². The average Bonchev–Trinajstić information content (AvgIpc) is 3.16. The largest absolute Gasteiger partial charge is 0.368 e. The van der Waals surface area contributed by atoms with E-state index in [1.54, 1.807) is 6.20 Å². The fourth-order valence-corrected chi connectivity index (χ4v) is 3.71.